The van der Waals surface area contributed by atoms with Crippen molar-refractivity contribution < 1.29 is 14.3 Å². The van der Waals surface area contributed by atoms with Gasteiger partial charge in [0.2, 0.25) is 0 Å². The molecule has 5 heteroatoms. The average Bonchev–Trinajstić information content (AvgIpc) is 2.62. The van der Waals surface area contributed by atoms with Crippen LogP contribution in [0.2, 0.25) is 0 Å². The number of nitrogens with zero attached hydrogens (tertiary/aromatic N) is 1. The number of likely N-dealkylation sites (tertiary alicyclic amines) is 1. The van der Waals surface area contributed by atoms with Crippen LogP contribution in [0.1, 0.15) is 24.1 Å². The number of benzene rings is 2. The van der Waals surface area contributed by atoms with E-state index in [9.17, 15) is 4.79 Å². The van der Waals surface area contributed by atoms with E-state index in [1.165, 1.54) is 17.2 Å². The third-order valence-corrected chi connectivity index (χ3v) is 4.33. The average molecular weight is 352 g/mol. The van der Waals surface area contributed by atoms with Gasteiger partial charge in [0.15, 0.2) is 5.88 Å². The van der Waals surface area contributed by atoms with E-state index in [0.29, 0.717) is 19.7 Å². The maximum Gasteiger partial charge on any atom is 0.336 e. The summed E-state index contributed by atoms with van der Waals surface area (Å²) in [6, 6.07) is 20.9. The van der Waals surface area contributed by atoms with E-state index in [2.05, 4.69) is 29.2 Å². The Kier molecular flexibility index (Phi) is 5.92. The largest absolute Gasteiger partial charge is 0.479 e. The van der Waals surface area contributed by atoms with Gasteiger partial charge in [-0.15, -0.1) is 0 Å². The van der Waals surface area contributed by atoms with Crippen molar-refractivity contribution in [3.05, 3.63) is 83.7 Å². The Morgan fingerprint density at radius 3 is 2.15 bits per heavy atom. The standard InChI is InChI=1S/C21H24N2O3/c1-2-25-19(22)13-20(24)26-18-14-23(15-18)21(16-9-5-3-6-10-16)17-11-7-4-8-12-17/h3-13,18,21H,2,14-15,22H2,1H3/b19-13+. The van der Waals surface area contributed by atoms with Gasteiger partial charge >= 0.3 is 5.97 Å². The summed E-state index contributed by atoms with van der Waals surface area (Å²) < 4.78 is 10.5. The molecule has 0 atom stereocenters. The zero-order valence-electron chi connectivity index (χ0n) is 14.9. The van der Waals surface area contributed by atoms with Gasteiger partial charge in [-0.25, -0.2) is 4.79 Å². The van der Waals surface area contributed by atoms with Crippen LogP contribution in [-0.4, -0.2) is 36.7 Å². The van der Waals surface area contributed by atoms with E-state index in [1.54, 1.807) is 0 Å². The van der Waals surface area contributed by atoms with Crippen LogP contribution in [0.4, 0.5) is 0 Å². The van der Waals surface area contributed by atoms with Crippen molar-refractivity contribution in [3.63, 3.8) is 0 Å². The van der Waals surface area contributed by atoms with Crippen LogP contribution in [0, 0.1) is 0 Å². The molecule has 0 aliphatic carbocycles. The highest BCUT2D eigenvalue weighted by atomic mass is 16.5. The number of nitrogens with two attached hydrogens (primary N) is 1. The van der Waals surface area contributed by atoms with Crippen LogP contribution in [0.15, 0.2) is 72.6 Å². The highest BCUT2D eigenvalue weighted by molar-refractivity contribution is 5.82. The molecule has 26 heavy (non-hydrogen) atoms. The Bertz CT molecular complexity index is 701. The van der Waals surface area contributed by atoms with Gasteiger partial charge in [-0.2, -0.15) is 0 Å². The Morgan fingerprint density at radius 1 is 1.12 bits per heavy atom. The minimum Gasteiger partial charge on any atom is -0.479 e. The molecule has 0 aromatic heterocycles. The van der Waals surface area contributed by atoms with Crippen molar-refractivity contribution in [1.82, 2.24) is 4.90 Å². The maximum absolute atomic E-state index is 11.9. The second-order valence-electron chi connectivity index (χ2n) is 6.22. The van der Waals surface area contributed by atoms with E-state index in [4.69, 9.17) is 15.2 Å². The number of carbonyl (C=O) groups is 1. The summed E-state index contributed by atoms with van der Waals surface area (Å²) in [6.07, 6.45) is 1.06. The van der Waals surface area contributed by atoms with Gasteiger partial charge in [0, 0.05) is 13.1 Å². The summed E-state index contributed by atoms with van der Waals surface area (Å²) in [4.78, 5) is 14.2. The Labute approximate surface area is 154 Å². The fourth-order valence-electron chi connectivity index (χ4n) is 3.16. The molecule has 2 aromatic carbocycles. The number of esters is 1. The van der Waals surface area contributed by atoms with Gasteiger partial charge in [-0.3, -0.25) is 4.90 Å². The van der Waals surface area contributed by atoms with E-state index < -0.39 is 5.97 Å². The predicted octanol–water partition coefficient (Wildman–Crippen LogP) is 2.84. The summed E-state index contributed by atoms with van der Waals surface area (Å²) in [5.41, 5.74) is 8.03. The molecule has 1 aliphatic heterocycles. The second-order valence-corrected chi connectivity index (χ2v) is 6.22. The minimum atomic E-state index is -0.462. The van der Waals surface area contributed by atoms with Gasteiger partial charge in [-0.1, -0.05) is 60.7 Å². The summed E-state index contributed by atoms with van der Waals surface area (Å²) in [7, 11) is 0. The van der Waals surface area contributed by atoms with Crippen LogP contribution in [0.5, 0.6) is 0 Å². The number of hydrogen-bond acceptors (Lipinski definition) is 5. The van der Waals surface area contributed by atoms with Gasteiger partial charge in [0.1, 0.15) is 6.10 Å². The van der Waals surface area contributed by atoms with E-state index >= 15 is 0 Å². The van der Waals surface area contributed by atoms with Crippen molar-refractivity contribution >= 4 is 5.97 Å². The lowest BCUT2D eigenvalue weighted by Crippen LogP contribution is -2.54. The first kappa shape index (κ1) is 18.0. The zero-order valence-corrected chi connectivity index (χ0v) is 14.9. The summed E-state index contributed by atoms with van der Waals surface area (Å²) in [5, 5.41) is 0. The molecule has 1 heterocycles. The van der Waals surface area contributed by atoms with Gasteiger partial charge < -0.3 is 15.2 Å². The van der Waals surface area contributed by atoms with Crippen molar-refractivity contribution in [3.8, 4) is 0 Å². The van der Waals surface area contributed by atoms with Crippen LogP contribution in [0.3, 0.4) is 0 Å². The van der Waals surface area contributed by atoms with Crippen molar-refractivity contribution in [2.75, 3.05) is 19.7 Å². The molecule has 1 saturated heterocycles. The lowest BCUT2D eigenvalue weighted by Gasteiger charge is -2.43. The van der Waals surface area contributed by atoms with Crippen LogP contribution < -0.4 is 5.73 Å². The van der Waals surface area contributed by atoms with Crippen LogP contribution in [0.25, 0.3) is 0 Å². The lowest BCUT2D eigenvalue weighted by atomic mass is 9.94. The molecule has 3 rings (SSSR count). The van der Waals surface area contributed by atoms with Crippen molar-refractivity contribution in [1.29, 1.82) is 0 Å². The highest BCUT2D eigenvalue weighted by Crippen LogP contribution is 2.32. The summed E-state index contributed by atoms with van der Waals surface area (Å²) in [6.45, 7) is 3.59. The molecule has 2 N–H and O–H groups in total. The van der Waals surface area contributed by atoms with Gasteiger partial charge in [0.25, 0.3) is 0 Å². The van der Waals surface area contributed by atoms with Gasteiger partial charge in [-0.05, 0) is 18.1 Å². The molecule has 136 valence electrons. The quantitative estimate of drug-likeness (QED) is 0.472. The molecule has 2 aromatic rings. The molecule has 0 bridgehead atoms. The van der Waals surface area contributed by atoms with Crippen molar-refractivity contribution in [2.24, 2.45) is 5.73 Å². The normalized spacial score (nSPS) is 15.5. The number of rotatable bonds is 7. The number of hydrogen-bond donors (Lipinski definition) is 1. The Morgan fingerprint density at radius 2 is 1.65 bits per heavy atom. The fourth-order valence-corrected chi connectivity index (χ4v) is 3.16. The minimum absolute atomic E-state index is 0.0835. The first-order valence-corrected chi connectivity index (χ1v) is 8.82. The molecule has 1 fully saturated rings. The maximum atomic E-state index is 11.9. The SMILES string of the molecule is CCO/C(N)=C/C(=O)OC1CN(C(c2ccccc2)c2ccccc2)C1. The first-order chi connectivity index (χ1) is 12.7. The molecule has 0 amide bonds. The third-order valence-electron chi connectivity index (χ3n) is 4.33. The molecular weight excluding hydrogens is 328 g/mol. The topological polar surface area (TPSA) is 64.8 Å². The number of ether oxygens (including phenoxy) is 2. The van der Waals surface area contributed by atoms with Crippen molar-refractivity contribution in [2.45, 2.75) is 19.1 Å². The molecule has 1 aliphatic rings. The molecule has 0 radical (unpaired) electrons. The highest BCUT2D eigenvalue weighted by Gasteiger charge is 2.36. The van der Waals surface area contributed by atoms with Crippen LogP contribution in [-0.2, 0) is 14.3 Å². The molecule has 0 spiro atoms. The van der Waals surface area contributed by atoms with E-state index in [-0.39, 0.29) is 18.0 Å². The Balaban J connectivity index is 1.65. The smallest absolute Gasteiger partial charge is 0.336 e. The lowest BCUT2D eigenvalue weighted by molar-refractivity contribution is -0.152. The predicted molar refractivity (Wildman–Crippen MR) is 100 cm³/mol. The zero-order chi connectivity index (χ0) is 18.4. The van der Waals surface area contributed by atoms with E-state index in [1.807, 2.05) is 43.3 Å². The molecule has 5 nitrogen and oxygen atoms in total. The van der Waals surface area contributed by atoms with Gasteiger partial charge in [0.05, 0.1) is 18.7 Å². The summed E-state index contributed by atoms with van der Waals surface area (Å²) in [5.74, 6) is -0.378. The molecule has 0 saturated carbocycles. The second kappa shape index (κ2) is 8.54. The fraction of sp³-hybridized carbons (Fsp3) is 0.286. The summed E-state index contributed by atoms with van der Waals surface area (Å²) >= 11 is 0. The molecule has 0 unspecified atom stereocenters. The third kappa shape index (κ3) is 4.43. The number of carbonyl (C=O) groups excluding carboxylic acids is 1. The van der Waals surface area contributed by atoms with E-state index in [0.717, 1.165) is 0 Å². The van der Waals surface area contributed by atoms with Crippen LogP contribution >= 0.6 is 0 Å². The Hall–Kier alpha value is -2.79. The monoisotopic (exact) mass is 352 g/mol. The molecular formula is C21H24N2O3. The first-order valence-electron chi connectivity index (χ1n) is 8.82.